The van der Waals surface area contributed by atoms with Gasteiger partial charge in [0.05, 0.1) is 23.0 Å². The number of H-pyrrole nitrogens is 1. The molecule has 1 fully saturated rings. The molecule has 1 aliphatic heterocycles. The van der Waals surface area contributed by atoms with E-state index in [1.54, 1.807) is 25.5 Å². The summed E-state index contributed by atoms with van der Waals surface area (Å²) in [5, 5.41) is 10.3. The predicted molar refractivity (Wildman–Crippen MR) is 131 cm³/mol. The first kappa shape index (κ1) is 24.5. The minimum Gasteiger partial charge on any atom is -0.434 e. The number of imidazole rings is 1. The van der Waals surface area contributed by atoms with Crippen LogP contribution in [0.1, 0.15) is 36.8 Å². The van der Waals surface area contributed by atoms with Crippen molar-refractivity contribution in [3.63, 3.8) is 0 Å². The zero-order chi connectivity index (χ0) is 25.6. The first-order chi connectivity index (χ1) is 17.2. The number of benzene rings is 1. The summed E-state index contributed by atoms with van der Waals surface area (Å²) in [6.07, 6.45) is 6.33. The summed E-state index contributed by atoms with van der Waals surface area (Å²) in [6.45, 7) is 0.122. The van der Waals surface area contributed by atoms with Gasteiger partial charge < -0.3 is 24.3 Å². The van der Waals surface area contributed by atoms with Crippen LogP contribution < -0.4 is 9.64 Å². The second-order valence-electron chi connectivity index (χ2n) is 8.96. The molecule has 190 valence electrons. The molecule has 0 spiro atoms. The number of hydrogen-bond acceptors (Lipinski definition) is 5. The molecular formula is C25H25ClF3N5O2. The summed E-state index contributed by atoms with van der Waals surface area (Å²) < 4.78 is 47.0. The van der Waals surface area contributed by atoms with Crippen LogP contribution in [0.3, 0.4) is 0 Å². The molecule has 1 aromatic carbocycles. The highest BCUT2D eigenvalue weighted by Crippen LogP contribution is 2.41. The van der Waals surface area contributed by atoms with Crippen LogP contribution in [-0.4, -0.2) is 50.4 Å². The molecule has 0 amide bonds. The van der Waals surface area contributed by atoms with E-state index < -0.39 is 18.3 Å². The van der Waals surface area contributed by atoms with Gasteiger partial charge in [0, 0.05) is 55.0 Å². The second kappa shape index (κ2) is 9.67. The lowest BCUT2D eigenvalue weighted by molar-refractivity contribution is -0.0505. The van der Waals surface area contributed by atoms with Crippen molar-refractivity contribution >= 4 is 28.6 Å². The van der Waals surface area contributed by atoms with Gasteiger partial charge in [-0.2, -0.15) is 8.78 Å². The van der Waals surface area contributed by atoms with Crippen LogP contribution in [0.4, 0.5) is 19.1 Å². The summed E-state index contributed by atoms with van der Waals surface area (Å²) in [6, 6.07) is 4.11. The second-order valence-corrected chi connectivity index (χ2v) is 9.34. The maximum Gasteiger partial charge on any atom is 0.387 e. The molecular weight excluding hydrogens is 495 g/mol. The van der Waals surface area contributed by atoms with Gasteiger partial charge in [0.1, 0.15) is 17.2 Å². The van der Waals surface area contributed by atoms with Crippen LogP contribution in [0.2, 0.25) is 5.02 Å². The van der Waals surface area contributed by atoms with E-state index in [-0.39, 0.29) is 22.4 Å². The van der Waals surface area contributed by atoms with Gasteiger partial charge in [-0.05, 0) is 36.6 Å². The molecule has 0 bridgehead atoms. The van der Waals surface area contributed by atoms with E-state index in [9.17, 15) is 18.3 Å². The predicted octanol–water partition coefficient (Wildman–Crippen LogP) is 5.47. The van der Waals surface area contributed by atoms with Crippen molar-refractivity contribution in [2.75, 3.05) is 18.0 Å². The maximum atomic E-state index is 14.3. The lowest BCUT2D eigenvalue weighted by Crippen LogP contribution is -2.37. The number of hydrogen-bond donors (Lipinski definition) is 2. The fraction of sp³-hybridized carbons (Fsp3) is 0.360. The van der Waals surface area contributed by atoms with Crippen molar-refractivity contribution in [2.45, 2.75) is 38.4 Å². The van der Waals surface area contributed by atoms with Crippen molar-refractivity contribution in [1.29, 1.82) is 0 Å². The number of rotatable bonds is 6. The molecule has 1 aliphatic rings. The molecule has 1 atom stereocenters. The highest BCUT2D eigenvalue weighted by atomic mass is 35.5. The number of aromatic nitrogens is 4. The number of ether oxygens (including phenoxy) is 1. The van der Waals surface area contributed by atoms with Crippen LogP contribution in [0.15, 0.2) is 36.8 Å². The Morgan fingerprint density at radius 2 is 1.94 bits per heavy atom. The third-order valence-corrected chi connectivity index (χ3v) is 7.16. The fourth-order valence-corrected chi connectivity index (χ4v) is 5.18. The van der Waals surface area contributed by atoms with E-state index in [1.165, 1.54) is 0 Å². The quantitative estimate of drug-likeness (QED) is 0.353. The van der Waals surface area contributed by atoms with Crippen molar-refractivity contribution in [3.05, 3.63) is 58.8 Å². The number of aliphatic hydroxyl groups excluding tert-OH is 1. The third kappa shape index (κ3) is 4.39. The number of fused-ring (bicyclic) bond motifs is 1. The standard InChI is InChI=1S/C25H25ClF3N5O2/c1-13(21-20(36-24(28)29)4-3-18(27)22(21)26)17-11-31-23-16(17)9-14(10-30-23)19-12-32-25(33(19)2)34-7-5-15(35)6-8-34/h3-4,9-13,15,24,35H,5-8H2,1-2H3,(H,30,31)/t13-/m0/s1. The maximum absolute atomic E-state index is 14.3. The topological polar surface area (TPSA) is 79.2 Å². The Labute approximate surface area is 210 Å². The Kier molecular flexibility index (Phi) is 6.57. The first-order valence-electron chi connectivity index (χ1n) is 11.6. The van der Waals surface area contributed by atoms with Crippen LogP contribution in [0.25, 0.3) is 22.3 Å². The SMILES string of the molecule is C[C@H](c1c(OC(F)F)ccc(F)c1Cl)c1c[nH]c2ncc(-c3cnc(N4CCC(O)CC4)n3C)cc12. The highest BCUT2D eigenvalue weighted by molar-refractivity contribution is 6.31. The van der Waals surface area contributed by atoms with Crippen molar-refractivity contribution < 1.29 is 23.0 Å². The molecule has 0 unspecified atom stereocenters. The molecule has 36 heavy (non-hydrogen) atoms. The monoisotopic (exact) mass is 519 g/mol. The first-order valence-corrected chi connectivity index (χ1v) is 12.0. The normalized spacial score (nSPS) is 15.7. The van der Waals surface area contributed by atoms with Gasteiger partial charge in [-0.25, -0.2) is 14.4 Å². The smallest absolute Gasteiger partial charge is 0.387 e. The van der Waals surface area contributed by atoms with E-state index in [2.05, 4.69) is 24.6 Å². The number of anilines is 1. The molecule has 3 aromatic heterocycles. The van der Waals surface area contributed by atoms with E-state index in [0.29, 0.717) is 24.1 Å². The van der Waals surface area contributed by atoms with Gasteiger partial charge in [-0.1, -0.05) is 18.5 Å². The molecule has 7 nitrogen and oxygen atoms in total. The summed E-state index contributed by atoms with van der Waals surface area (Å²) in [4.78, 5) is 14.4. The van der Waals surface area contributed by atoms with E-state index in [4.69, 9.17) is 11.6 Å². The number of piperidine rings is 1. The summed E-state index contributed by atoms with van der Waals surface area (Å²) >= 11 is 6.22. The van der Waals surface area contributed by atoms with E-state index in [1.807, 2.05) is 17.7 Å². The average molecular weight is 520 g/mol. The number of halogens is 4. The van der Waals surface area contributed by atoms with Crippen molar-refractivity contribution in [2.24, 2.45) is 7.05 Å². The number of pyridine rings is 1. The molecule has 5 rings (SSSR count). The van der Waals surface area contributed by atoms with Crippen LogP contribution in [0.5, 0.6) is 5.75 Å². The molecule has 11 heteroatoms. The highest BCUT2D eigenvalue weighted by Gasteiger charge is 2.25. The number of aliphatic hydroxyl groups is 1. The van der Waals surface area contributed by atoms with Gasteiger partial charge >= 0.3 is 6.61 Å². The summed E-state index contributed by atoms with van der Waals surface area (Å²) in [5.74, 6) is -0.661. The van der Waals surface area contributed by atoms with E-state index in [0.717, 1.165) is 47.8 Å². The molecule has 1 saturated heterocycles. The summed E-state index contributed by atoms with van der Waals surface area (Å²) in [7, 11) is 1.92. The van der Waals surface area contributed by atoms with Gasteiger partial charge in [0.2, 0.25) is 5.95 Å². The zero-order valence-corrected chi connectivity index (χ0v) is 20.4. The Morgan fingerprint density at radius 1 is 1.19 bits per heavy atom. The molecule has 0 radical (unpaired) electrons. The van der Waals surface area contributed by atoms with Gasteiger partial charge in [-0.15, -0.1) is 0 Å². The molecule has 0 aliphatic carbocycles. The Hall–Kier alpha value is -3.24. The van der Waals surface area contributed by atoms with Gasteiger partial charge in [-0.3, -0.25) is 0 Å². The molecule has 4 heterocycles. The number of aromatic amines is 1. The van der Waals surface area contributed by atoms with Crippen molar-refractivity contribution in [1.82, 2.24) is 19.5 Å². The van der Waals surface area contributed by atoms with E-state index >= 15 is 0 Å². The molecule has 2 N–H and O–H groups in total. The molecule has 0 saturated carbocycles. The van der Waals surface area contributed by atoms with Crippen LogP contribution in [-0.2, 0) is 7.05 Å². The third-order valence-electron chi connectivity index (χ3n) is 6.78. The average Bonchev–Trinajstić information content (AvgIpc) is 3.44. The molecule has 4 aromatic rings. The number of nitrogens with one attached hydrogen (secondary N) is 1. The van der Waals surface area contributed by atoms with Gasteiger partial charge in [0.25, 0.3) is 0 Å². The van der Waals surface area contributed by atoms with Crippen LogP contribution >= 0.6 is 11.6 Å². The van der Waals surface area contributed by atoms with Crippen LogP contribution in [0, 0.1) is 5.82 Å². The Morgan fingerprint density at radius 3 is 2.67 bits per heavy atom. The Balaban J connectivity index is 1.53. The van der Waals surface area contributed by atoms with Gasteiger partial charge in [0.15, 0.2) is 0 Å². The number of nitrogens with zero attached hydrogens (tertiary/aromatic N) is 4. The fourth-order valence-electron chi connectivity index (χ4n) is 4.86. The summed E-state index contributed by atoms with van der Waals surface area (Å²) in [5.41, 5.74) is 3.09. The minimum absolute atomic E-state index is 0.137. The minimum atomic E-state index is -3.07. The lowest BCUT2D eigenvalue weighted by Gasteiger charge is -2.30. The Bertz CT molecular complexity index is 1400. The lowest BCUT2D eigenvalue weighted by atomic mass is 9.92. The van der Waals surface area contributed by atoms with Crippen molar-refractivity contribution in [3.8, 4) is 17.0 Å². The zero-order valence-electron chi connectivity index (χ0n) is 19.7. The number of alkyl halides is 2. The largest absolute Gasteiger partial charge is 0.434 e.